The van der Waals surface area contributed by atoms with E-state index in [1.807, 2.05) is 24.3 Å². The van der Waals surface area contributed by atoms with Crippen molar-refractivity contribution in [3.8, 4) is 5.75 Å². The smallest absolute Gasteiger partial charge is 0.220 e. The van der Waals surface area contributed by atoms with Crippen molar-refractivity contribution in [3.63, 3.8) is 0 Å². The molecule has 0 radical (unpaired) electrons. The molecule has 0 spiro atoms. The molecule has 1 saturated heterocycles. The molecule has 0 bridgehead atoms. The van der Waals surface area contributed by atoms with Crippen molar-refractivity contribution in [2.45, 2.75) is 38.5 Å². The second-order valence-corrected chi connectivity index (χ2v) is 5.96. The second kappa shape index (κ2) is 9.46. The Morgan fingerprint density at radius 2 is 2.09 bits per heavy atom. The van der Waals surface area contributed by atoms with Gasteiger partial charge < -0.3 is 15.0 Å². The first-order valence-corrected chi connectivity index (χ1v) is 8.40. The number of methoxy groups -OCH3 is 1. The number of carbonyl (C=O) groups is 1. The summed E-state index contributed by atoms with van der Waals surface area (Å²) in [5.41, 5.74) is 1.14. The lowest BCUT2D eigenvalue weighted by Gasteiger charge is -2.26. The molecule has 0 aromatic heterocycles. The molecule has 1 aliphatic rings. The number of ether oxygens (including phenoxy) is 1. The zero-order valence-electron chi connectivity index (χ0n) is 13.6. The summed E-state index contributed by atoms with van der Waals surface area (Å²) in [5.74, 6) is 0.987. The summed E-state index contributed by atoms with van der Waals surface area (Å²) in [4.78, 5) is 14.4. The normalized spacial score (nSPS) is 15.5. The molecule has 1 amide bonds. The van der Waals surface area contributed by atoms with Crippen LogP contribution in [0.3, 0.4) is 0 Å². The predicted octanol–water partition coefficient (Wildman–Crippen LogP) is 2.62. The fraction of sp³-hybridized carbons (Fsp3) is 0.611. The number of piperidine rings is 1. The first-order valence-electron chi connectivity index (χ1n) is 8.40. The minimum absolute atomic E-state index is 0.140. The van der Waals surface area contributed by atoms with Crippen LogP contribution in [-0.2, 0) is 11.2 Å². The van der Waals surface area contributed by atoms with Gasteiger partial charge >= 0.3 is 0 Å². The van der Waals surface area contributed by atoms with Gasteiger partial charge in [0.2, 0.25) is 5.91 Å². The molecule has 0 atom stereocenters. The van der Waals surface area contributed by atoms with Crippen molar-refractivity contribution in [2.75, 3.05) is 33.3 Å². The molecule has 22 heavy (non-hydrogen) atoms. The molecule has 0 aliphatic carbocycles. The van der Waals surface area contributed by atoms with Crippen molar-refractivity contribution in [1.82, 2.24) is 10.2 Å². The highest BCUT2D eigenvalue weighted by Gasteiger charge is 2.09. The number of nitrogens with one attached hydrogen (secondary N) is 1. The zero-order valence-corrected chi connectivity index (χ0v) is 13.6. The highest BCUT2D eigenvalue weighted by atomic mass is 16.5. The minimum atomic E-state index is 0.140. The second-order valence-electron chi connectivity index (χ2n) is 5.96. The predicted molar refractivity (Wildman–Crippen MR) is 89.2 cm³/mol. The molecule has 1 fully saturated rings. The molecule has 0 saturated carbocycles. The lowest BCUT2D eigenvalue weighted by atomic mass is 10.1. The molecule has 4 heteroatoms. The summed E-state index contributed by atoms with van der Waals surface area (Å²) < 4.78 is 5.19. The van der Waals surface area contributed by atoms with Crippen molar-refractivity contribution < 1.29 is 9.53 Å². The molecule has 1 aliphatic heterocycles. The number of amides is 1. The van der Waals surface area contributed by atoms with Gasteiger partial charge in [0, 0.05) is 13.0 Å². The van der Waals surface area contributed by atoms with E-state index in [2.05, 4.69) is 10.2 Å². The van der Waals surface area contributed by atoms with E-state index in [1.54, 1.807) is 7.11 Å². The number of hydrogen-bond acceptors (Lipinski definition) is 3. The van der Waals surface area contributed by atoms with E-state index in [0.29, 0.717) is 6.42 Å². The van der Waals surface area contributed by atoms with Crippen molar-refractivity contribution in [3.05, 3.63) is 29.8 Å². The van der Waals surface area contributed by atoms with Crippen LogP contribution in [0.4, 0.5) is 0 Å². The van der Waals surface area contributed by atoms with E-state index < -0.39 is 0 Å². The van der Waals surface area contributed by atoms with Gasteiger partial charge in [0.25, 0.3) is 0 Å². The summed E-state index contributed by atoms with van der Waals surface area (Å²) in [5, 5.41) is 3.02. The number of rotatable bonds is 8. The largest absolute Gasteiger partial charge is 0.497 e. The van der Waals surface area contributed by atoms with Gasteiger partial charge in [0.1, 0.15) is 5.75 Å². The molecular weight excluding hydrogens is 276 g/mol. The van der Waals surface area contributed by atoms with Gasteiger partial charge in [0.05, 0.1) is 7.11 Å². The number of nitrogens with zero attached hydrogens (tertiary/aromatic N) is 1. The quantitative estimate of drug-likeness (QED) is 0.751. The van der Waals surface area contributed by atoms with Crippen LogP contribution >= 0.6 is 0 Å². The van der Waals surface area contributed by atoms with Crippen LogP contribution in [0.5, 0.6) is 5.75 Å². The van der Waals surface area contributed by atoms with Gasteiger partial charge in [-0.15, -0.1) is 0 Å². The van der Waals surface area contributed by atoms with E-state index in [9.17, 15) is 4.79 Å². The third kappa shape index (κ3) is 6.06. The third-order valence-electron chi connectivity index (χ3n) is 4.20. The van der Waals surface area contributed by atoms with Crippen LogP contribution < -0.4 is 10.1 Å². The van der Waals surface area contributed by atoms with Crippen molar-refractivity contribution >= 4 is 5.91 Å². The topological polar surface area (TPSA) is 41.6 Å². The molecule has 2 rings (SSSR count). The summed E-state index contributed by atoms with van der Waals surface area (Å²) in [6.45, 7) is 4.34. The van der Waals surface area contributed by atoms with Crippen molar-refractivity contribution in [1.29, 1.82) is 0 Å². The van der Waals surface area contributed by atoms with Crippen molar-refractivity contribution in [2.24, 2.45) is 0 Å². The van der Waals surface area contributed by atoms with E-state index in [4.69, 9.17) is 4.74 Å². The molecule has 1 aromatic carbocycles. The average molecular weight is 304 g/mol. The highest BCUT2D eigenvalue weighted by molar-refractivity contribution is 5.76. The monoisotopic (exact) mass is 304 g/mol. The van der Waals surface area contributed by atoms with Gasteiger partial charge in [-0.3, -0.25) is 4.79 Å². The molecule has 122 valence electrons. The standard InChI is InChI=1S/C18H28N2O2/c1-22-17-8-5-7-16(15-17)9-10-18(21)19-11-6-14-20-12-3-2-4-13-20/h5,7-8,15H,2-4,6,9-14H2,1H3,(H,19,21). The third-order valence-corrected chi connectivity index (χ3v) is 4.20. The van der Waals surface area contributed by atoms with Gasteiger partial charge in [0.15, 0.2) is 0 Å². The fourth-order valence-electron chi connectivity index (χ4n) is 2.89. The maximum atomic E-state index is 11.9. The van der Waals surface area contributed by atoms with E-state index in [1.165, 1.54) is 32.4 Å². The van der Waals surface area contributed by atoms with Gasteiger partial charge in [-0.05, 0) is 63.0 Å². The Hall–Kier alpha value is -1.55. The Labute approximate surface area is 133 Å². The van der Waals surface area contributed by atoms with Gasteiger partial charge in [-0.25, -0.2) is 0 Å². The minimum Gasteiger partial charge on any atom is -0.497 e. The van der Waals surface area contributed by atoms with Crippen LogP contribution in [-0.4, -0.2) is 44.1 Å². The number of hydrogen-bond donors (Lipinski definition) is 1. The first kappa shape index (κ1) is 16.8. The van der Waals surface area contributed by atoms with Gasteiger partial charge in [-0.2, -0.15) is 0 Å². The molecule has 4 nitrogen and oxygen atoms in total. The average Bonchev–Trinajstić information content (AvgIpc) is 2.58. The number of benzene rings is 1. The molecule has 1 heterocycles. The van der Waals surface area contributed by atoms with E-state index >= 15 is 0 Å². The van der Waals surface area contributed by atoms with Gasteiger partial charge in [-0.1, -0.05) is 18.6 Å². The maximum absolute atomic E-state index is 11.9. The SMILES string of the molecule is COc1cccc(CCC(=O)NCCCN2CCCCC2)c1. The first-order chi connectivity index (χ1) is 10.8. The Kier molecular flexibility index (Phi) is 7.23. The zero-order chi connectivity index (χ0) is 15.6. The summed E-state index contributed by atoms with van der Waals surface area (Å²) >= 11 is 0. The van der Waals surface area contributed by atoms with Crippen LogP contribution in [0, 0.1) is 0 Å². The van der Waals surface area contributed by atoms with Crippen LogP contribution in [0.1, 0.15) is 37.7 Å². The molecule has 1 aromatic rings. The maximum Gasteiger partial charge on any atom is 0.220 e. The van der Waals surface area contributed by atoms with Crippen LogP contribution in [0.25, 0.3) is 0 Å². The number of likely N-dealkylation sites (tertiary alicyclic amines) is 1. The fourth-order valence-corrected chi connectivity index (χ4v) is 2.89. The molecular formula is C18H28N2O2. The number of carbonyl (C=O) groups excluding carboxylic acids is 1. The molecule has 0 unspecified atom stereocenters. The Morgan fingerprint density at radius 1 is 1.27 bits per heavy atom. The highest BCUT2D eigenvalue weighted by Crippen LogP contribution is 2.13. The lowest BCUT2D eigenvalue weighted by Crippen LogP contribution is -2.33. The summed E-state index contributed by atoms with van der Waals surface area (Å²) in [7, 11) is 1.66. The summed E-state index contributed by atoms with van der Waals surface area (Å²) in [6, 6.07) is 7.91. The van der Waals surface area contributed by atoms with Crippen LogP contribution in [0.15, 0.2) is 24.3 Å². The summed E-state index contributed by atoms with van der Waals surface area (Å²) in [6.07, 6.45) is 6.37. The van der Waals surface area contributed by atoms with E-state index in [0.717, 1.165) is 37.2 Å². The lowest BCUT2D eigenvalue weighted by molar-refractivity contribution is -0.121. The molecule has 1 N–H and O–H groups in total. The van der Waals surface area contributed by atoms with E-state index in [-0.39, 0.29) is 5.91 Å². The Balaban J connectivity index is 1.57. The Bertz CT molecular complexity index is 456. The Morgan fingerprint density at radius 3 is 2.86 bits per heavy atom. The van der Waals surface area contributed by atoms with Crippen LogP contribution in [0.2, 0.25) is 0 Å². The number of aryl methyl sites for hydroxylation is 1.